The molecule has 1 amide bonds. The van der Waals surface area contributed by atoms with Gasteiger partial charge in [0.25, 0.3) is 0 Å². The Morgan fingerprint density at radius 2 is 2.09 bits per heavy atom. The maximum absolute atomic E-state index is 11.2. The van der Waals surface area contributed by atoms with Crippen molar-refractivity contribution in [1.82, 2.24) is 9.78 Å². The highest BCUT2D eigenvalue weighted by atomic mass is 32.1. The van der Waals surface area contributed by atoms with Crippen molar-refractivity contribution in [2.24, 2.45) is 29.6 Å². The van der Waals surface area contributed by atoms with Crippen molar-refractivity contribution < 1.29 is 4.79 Å². The Hall–Kier alpha value is -1.95. The first-order valence-corrected chi connectivity index (χ1v) is 8.90. The lowest BCUT2D eigenvalue weighted by Gasteiger charge is -2.16. The van der Waals surface area contributed by atoms with Gasteiger partial charge in [0.2, 0.25) is 10.7 Å². The molecule has 0 spiro atoms. The van der Waals surface area contributed by atoms with Crippen LogP contribution in [0.1, 0.15) is 36.0 Å². The highest BCUT2D eigenvalue weighted by Crippen LogP contribution is 2.45. The first-order chi connectivity index (χ1) is 11.1. The maximum Gasteiger partial charge on any atom is 0.248 e. The molecule has 3 unspecified atom stereocenters. The van der Waals surface area contributed by atoms with Gasteiger partial charge in [-0.1, -0.05) is 29.9 Å². The minimum absolute atomic E-state index is 0.409. The highest BCUT2D eigenvalue weighted by molar-refractivity contribution is 7.12. The van der Waals surface area contributed by atoms with Crippen molar-refractivity contribution >= 4 is 17.2 Å². The largest absolute Gasteiger partial charge is 0.366 e. The van der Waals surface area contributed by atoms with E-state index in [0.29, 0.717) is 11.6 Å². The number of carbonyl (C=O) groups excluding carboxylic acids is 1. The molecule has 1 heterocycles. The lowest BCUT2D eigenvalue weighted by Crippen LogP contribution is -2.21. The minimum Gasteiger partial charge on any atom is -0.366 e. The molecule has 1 aromatic carbocycles. The van der Waals surface area contributed by atoms with Gasteiger partial charge in [-0.3, -0.25) is 9.79 Å². The zero-order chi connectivity index (χ0) is 16.0. The molecule has 120 valence electrons. The van der Waals surface area contributed by atoms with Crippen molar-refractivity contribution in [1.29, 1.82) is 0 Å². The number of hydrogen-bond donors (Lipinski definition) is 1. The molecule has 6 heteroatoms. The van der Waals surface area contributed by atoms with Gasteiger partial charge in [-0.15, -0.1) is 0 Å². The molecule has 3 atom stereocenters. The van der Waals surface area contributed by atoms with Crippen LogP contribution >= 0.6 is 11.3 Å². The fourth-order valence-electron chi connectivity index (χ4n) is 3.87. The third-order valence-corrected chi connectivity index (χ3v) is 6.16. The second-order valence-electron chi connectivity index (χ2n) is 6.63. The predicted octanol–water partition coefficient (Wildman–Crippen LogP) is 2.34. The topological polar surface area (TPSA) is 73.3 Å². The molecule has 2 saturated carbocycles. The number of aromatic nitrogens is 2. The Labute approximate surface area is 138 Å². The Morgan fingerprint density at radius 3 is 2.70 bits per heavy atom. The van der Waals surface area contributed by atoms with Crippen LogP contribution in [-0.4, -0.2) is 21.7 Å². The van der Waals surface area contributed by atoms with Gasteiger partial charge in [-0.05, 0) is 43.2 Å². The third-order valence-electron chi connectivity index (χ3n) is 5.10. The van der Waals surface area contributed by atoms with Gasteiger partial charge >= 0.3 is 0 Å². The van der Waals surface area contributed by atoms with E-state index in [0.717, 1.165) is 27.2 Å². The molecule has 2 fully saturated rings. The van der Waals surface area contributed by atoms with Crippen LogP contribution in [0.3, 0.4) is 0 Å². The standard InChI is InChI=1S/C17H20N4OS/c1-21-17(19-14-9-10-2-3-13(14)8-10)23-16(20-21)12-6-4-11(5-7-12)15(18)22/h4-7,10,13-14H,2-3,8-9H2,1H3,(H2,18,22)/b19-17-. The predicted molar refractivity (Wildman–Crippen MR) is 89.8 cm³/mol. The summed E-state index contributed by atoms with van der Waals surface area (Å²) >= 11 is 1.61. The summed E-state index contributed by atoms with van der Waals surface area (Å²) in [7, 11) is 1.95. The number of nitrogens with two attached hydrogens (primary N) is 1. The van der Waals surface area contributed by atoms with Gasteiger partial charge < -0.3 is 5.73 Å². The molecular weight excluding hydrogens is 308 g/mol. The van der Waals surface area contributed by atoms with E-state index in [-0.39, 0.29) is 0 Å². The van der Waals surface area contributed by atoms with Crippen LogP contribution in [0.25, 0.3) is 10.6 Å². The average molecular weight is 328 g/mol. The molecular formula is C17H20N4OS. The van der Waals surface area contributed by atoms with E-state index < -0.39 is 5.91 Å². The van der Waals surface area contributed by atoms with E-state index in [4.69, 9.17) is 10.7 Å². The van der Waals surface area contributed by atoms with Gasteiger partial charge in [0.15, 0.2) is 0 Å². The summed E-state index contributed by atoms with van der Waals surface area (Å²) < 4.78 is 1.87. The number of nitrogens with zero attached hydrogens (tertiary/aromatic N) is 3. The van der Waals surface area contributed by atoms with Gasteiger partial charge in [-0.25, -0.2) is 4.68 Å². The van der Waals surface area contributed by atoms with Gasteiger partial charge in [-0.2, -0.15) is 5.10 Å². The van der Waals surface area contributed by atoms with Gasteiger partial charge in [0.05, 0.1) is 6.04 Å². The first kappa shape index (κ1) is 14.6. The van der Waals surface area contributed by atoms with Crippen molar-refractivity contribution in [3.05, 3.63) is 34.6 Å². The molecule has 2 aliphatic carbocycles. The first-order valence-electron chi connectivity index (χ1n) is 8.08. The average Bonchev–Trinajstić information content (AvgIpc) is 3.24. The zero-order valence-electron chi connectivity index (χ0n) is 13.1. The fourth-order valence-corrected chi connectivity index (χ4v) is 4.82. The number of primary amides is 1. The van der Waals surface area contributed by atoms with Crippen molar-refractivity contribution in [3.8, 4) is 10.6 Å². The number of benzene rings is 1. The molecule has 1 aromatic heterocycles. The normalized spacial score (nSPS) is 26.8. The zero-order valence-corrected chi connectivity index (χ0v) is 13.9. The summed E-state index contributed by atoms with van der Waals surface area (Å²) in [4.78, 5) is 17.1. The molecule has 0 radical (unpaired) electrons. The van der Waals surface area contributed by atoms with E-state index >= 15 is 0 Å². The quantitative estimate of drug-likeness (QED) is 0.939. The second-order valence-corrected chi connectivity index (χ2v) is 7.58. The van der Waals surface area contributed by atoms with Crippen molar-refractivity contribution in [3.63, 3.8) is 0 Å². The number of amides is 1. The smallest absolute Gasteiger partial charge is 0.248 e. The Morgan fingerprint density at radius 1 is 1.30 bits per heavy atom. The van der Waals surface area contributed by atoms with Crippen molar-refractivity contribution in [2.75, 3.05) is 0 Å². The Kier molecular flexibility index (Phi) is 3.56. The van der Waals surface area contributed by atoms with Crippen LogP contribution in [0.4, 0.5) is 0 Å². The SMILES string of the molecule is Cn1nc(-c2ccc(C(N)=O)cc2)s/c1=N\C1CC2CCC1C2. The third kappa shape index (κ3) is 2.72. The van der Waals surface area contributed by atoms with E-state index in [1.807, 2.05) is 23.9 Å². The van der Waals surface area contributed by atoms with Crippen LogP contribution in [0.2, 0.25) is 0 Å². The number of aryl methyl sites for hydroxylation is 1. The van der Waals surface area contributed by atoms with Crippen LogP contribution in [0, 0.1) is 11.8 Å². The van der Waals surface area contributed by atoms with E-state index in [9.17, 15) is 4.79 Å². The van der Waals surface area contributed by atoms with Gasteiger partial charge in [0.1, 0.15) is 5.01 Å². The number of fused-ring (bicyclic) bond motifs is 2. The molecule has 2 bridgehead atoms. The lowest BCUT2D eigenvalue weighted by molar-refractivity contribution is 0.100. The second kappa shape index (κ2) is 5.60. The van der Waals surface area contributed by atoms with Crippen LogP contribution in [0.5, 0.6) is 0 Å². The van der Waals surface area contributed by atoms with Crippen molar-refractivity contribution in [2.45, 2.75) is 31.7 Å². The van der Waals surface area contributed by atoms with Crippen LogP contribution in [0.15, 0.2) is 29.3 Å². The maximum atomic E-state index is 11.2. The molecule has 5 nitrogen and oxygen atoms in total. The summed E-state index contributed by atoms with van der Waals surface area (Å²) in [5.74, 6) is 1.27. The lowest BCUT2D eigenvalue weighted by atomic mass is 9.96. The Balaban J connectivity index is 1.63. The summed E-state index contributed by atoms with van der Waals surface area (Å²) in [5.41, 5.74) is 6.79. The van der Waals surface area contributed by atoms with E-state index in [2.05, 4.69) is 5.10 Å². The summed E-state index contributed by atoms with van der Waals surface area (Å²) in [5, 5.41) is 5.51. The summed E-state index contributed by atoms with van der Waals surface area (Å²) in [6, 6.07) is 7.74. The number of rotatable bonds is 3. The minimum atomic E-state index is -0.409. The number of hydrogen-bond acceptors (Lipinski definition) is 4. The Bertz CT molecular complexity index is 805. The molecule has 4 rings (SSSR count). The summed E-state index contributed by atoms with van der Waals surface area (Å²) in [6.45, 7) is 0. The fraction of sp³-hybridized carbons (Fsp3) is 0.471. The molecule has 23 heavy (non-hydrogen) atoms. The van der Waals surface area contributed by atoms with E-state index in [1.165, 1.54) is 25.7 Å². The van der Waals surface area contributed by atoms with E-state index in [1.54, 1.807) is 23.5 Å². The monoisotopic (exact) mass is 328 g/mol. The number of carbonyl (C=O) groups is 1. The molecule has 0 aliphatic heterocycles. The van der Waals surface area contributed by atoms with Crippen LogP contribution < -0.4 is 10.5 Å². The highest BCUT2D eigenvalue weighted by Gasteiger charge is 2.39. The van der Waals surface area contributed by atoms with Crippen LogP contribution in [-0.2, 0) is 7.05 Å². The molecule has 2 aliphatic rings. The van der Waals surface area contributed by atoms with Gasteiger partial charge in [0, 0.05) is 18.2 Å². The summed E-state index contributed by atoms with van der Waals surface area (Å²) in [6.07, 6.45) is 5.33. The molecule has 2 N–H and O–H groups in total. The molecule has 0 saturated heterocycles. The molecule has 2 aromatic rings.